The lowest BCUT2D eigenvalue weighted by molar-refractivity contribution is -0.118. The maximum absolute atomic E-state index is 12.7. The lowest BCUT2D eigenvalue weighted by Crippen LogP contribution is -2.22. The van der Waals surface area contributed by atoms with Crippen molar-refractivity contribution in [3.63, 3.8) is 0 Å². The van der Waals surface area contributed by atoms with Gasteiger partial charge in [0, 0.05) is 58.0 Å². The number of carbonyl (C=O) groups excluding carboxylic acids is 1. The van der Waals surface area contributed by atoms with E-state index < -0.39 is 0 Å². The molecule has 158 valence electrons. The Morgan fingerprint density at radius 2 is 2.17 bits per heavy atom. The molecule has 1 aliphatic heterocycles. The Kier molecular flexibility index (Phi) is 6.76. The summed E-state index contributed by atoms with van der Waals surface area (Å²) in [5.41, 5.74) is 5.77. The molecule has 6 heteroatoms. The smallest absolute Gasteiger partial charge is 0.138 e. The average molecular weight is 440 g/mol. The van der Waals surface area contributed by atoms with Crippen LogP contribution in [0.5, 0.6) is 0 Å². The Bertz CT molecular complexity index is 1040. The zero-order chi connectivity index (χ0) is 21.1. The number of thiophene rings is 1. The fourth-order valence-electron chi connectivity index (χ4n) is 3.96. The van der Waals surface area contributed by atoms with Crippen LogP contribution >= 0.6 is 22.7 Å². The summed E-state index contributed by atoms with van der Waals surface area (Å²) in [6.07, 6.45) is 8.05. The van der Waals surface area contributed by atoms with Gasteiger partial charge in [0.15, 0.2) is 0 Å². The van der Waals surface area contributed by atoms with Crippen LogP contribution in [0.2, 0.25) is 0 Å². The third-order valence-corrected chi connectivity index (χ3v) is 7.58. The molecule has 0 bridgehead atoms. The van der Waals surface area contributed by atoms with Crippen LogP contribution in [-0.4, -0.2) is 22.3 Å². The molecule has 1 N–H and O–H groups in total. The molecule has 0 radical (unpaired) electrons. The number of nitrogens with zero attached hydrogens (tertiary/aromatic N) is 2. The topological polar surface area (TPSA) is 54.9 Å². The molecule has 30 heavy (non-hydrogen) atoms. The van der Waals surface area contributed by atoms with Gasteiger partial charge in [-0.15, -0.1) is 22.7 Å². The molecule has 0 unspecified atom stereocenters. The first-order chi connectivity index (χ1) is 14.5. The standard InChI is InChI=1S/C24H29N3OS2/c1-15(2)5-4-6-18(28)10-21-23(19-7-8-25-13-22(19)30-21)24-27-20(14-29-24)17-9-16(3)11-26-12-17/h9,11-12,14-15,25H,4-8,10,13H2,1-3H3. The number of rotatable bonds is 8. The van der Waals surface area contributed by atoms with Crippen molar-refractivity contribution in [2.75, 3.05) is 6.54 Å². The number of pyridine rings is 1. The van der Waals surface area contributed by atoms with Crippen LogP contribution in [0, 0.1) is 12.8 Å². The molecule has 4 nitrogen and oxygen atoms in total. The van der Waals surface area contributed by atoms with Crippen molar-refractivity contribution in [3.8, 4) is 21.8 Å². The first-order valence-corrected chi connectivity index (χ1v) is 12.4. The van der Waals surface area contributed by atoms with Gasteiger partial charge in [-0.2, -0.15) is 0 Å². The van der Waals surface area contributed by atoms with E-state index in [1.807, 2.05) is 12.4 Å². The second kappa shape index (κ2) is 9.50. The molecule has 0 amide bonds. The number of aromatic nitrogens is 2. The molecule has 0 aliphatic carbocycles. The van der Waals surface area contributed by atoms with Crippen LogP contribution in [0.3, 0.4) is 0 Å². The SMILES string of the molecule is Cc1cncc(-c2csc(-c3c(CC(=O)CCCC(C)C)sc4c3CCNC4)n2)c1. The van der Waals surface area contributed by atoms with Gasteiger partial charge in [-0.25, -0.2) is 4.98 Å². The Morgan fingerprint density at radius 3 is 2.97 bits per heavy atom. The third kappa shape index (κ3) is 4.88. The quantitative estimate of drug-likeness (QED) is 0.480. The number of ketones is 1. The van der Waals surface area contributed by atoms with E-state index in [2.05, 4.69) is 42.5 Å². The predicted octanol–water partition coefficient (Wildman–Crippen LogP) is 5.83. The summed E-state index contributed by atoms with van der Waals surface area (Å²) in [4.78, 5) is 24.6. The molecule has 0 saturated heterocycles. The fourth-order valence-corrected chi connectivity index (χ4v) is 6.30. The minimum atomic E-state index is 0.350. The molecule has 3 aromatic heterocycles. The molecule has 0 fully saturated rings. The molecule has 0 atom stereocenters. The van der Waals surface area contributed by atoms with E-state index in [1.165, 1.54) is 20.9 Å². The number of aryl methyl sites for hydroxylation is 1. The monoisotopic (exact) mass is 439 g/mol. The van der Waals surface area contributed by atoms with E-state index in [-0.39, 0.29) is 0 Å². The van der Waals surface area contributed by atoms with Crippen molar-refractivity contribution >= 4 is 28.5 Å². The fraction of sp³-hybridized carbons (Fsp3) is 0.458. The van der Waals surface area contributed by atoms with Crippen LogP contribution < -0.4 is 5.32 Å². The van der Waals surface area contributed by atoms with Gasteiger partial charge in [0.1, 0.15) is 10.8 Å². The van der Waals surface area contributed by atoms with Gasteiger partial charge in [0.25, 0.3) is 0 Å². The van der Waals surface area contributed by atoms with E-state index in [0.29, 0.717) is 24.5 Å². The highest BCUT2D eigenvalue weighted by Crippen LogP contribution is 2.41. The van der Waals surface area contributed by atoms with Crippen LogP contribution in [0.15, 0.2) is 23.8 Å². The summed E-state index contributed by atoms with van der Waals surface area (Å²) in [5, 5.41) is 6.62. The Hall–Kier alpha value is -1.89. The molecule has 4 rings (SSSR count). The van der Waals surface area contributed by atoms with E-state index in [0.717, 1.165) is 54.2 Å². The summed E-state index contributed by atoms with van der Waals surface area (Å²) >= 11 is 3.48. The van der Waals surface area contributed by atoms with Gasteiger partial charge < -0.3 is 5.32 Å². The highest BCUT2D eigenvalue weighted by atomic mass is 32.1. The number of fused-ring (bicyclic) bond motifs is 1. The van der Waals surface area contributed by atoms with Gasteiger partial charge in [0.05, 0.1) is 5.69 Å². The van der Waals surface area contributed by atoms with Crippen molar-refractivity contribution in [2.24, 2.45) is 5.92 Å². The molecular weight excluding hydrogens is 410 g/mol. The van der Waals surface area contributed by atoms with Crippen molar-refractivity contribution < 1.29 is 4.79 Å². The second-order valence-corrected chi connectivity index (χ2v) is 10.6. The maximum Gasteiger partial charge on any atom is 0.138 e. The predicted molar refractivity (Wildman–Crippen MR) is 126 cm³/mol. The zero-order valence-electron chi connectivity index (χ0n) is 18.0. The normalized spacial score (nSPS) is 13.6. The molecule has 1 aliphatic rings. The highest BCUT2D eigenvalue weighted by molar-refractivity contribution is 7.15. The minimum absolute atomic E-state index is 0.350. The lowest BCUT2D eigenvalue weighted by atomic mass is 9.99. The largest absolute Gasteiger partial charge is 0.312 e. The maximum atomic E-state index is 12.7. The Morgan fingerprint density at radius 1 is 1.30 bits per heavy atom. The number of thiazole rings is 1. The average Bonchev–Trinajstić information content (AvgIpc) is 3.31. The molecule has 0 saturated carbocycles. The molecule has 0 aromatic carbocycles. The molecule has 3 aromatic rings. The minimum Gasteiger partial charge on any atom is -0.312 e. The highest BCUT2D eigenvalue weighted by Gasteiger charge is 2.25. The van der Waals surface area contributed by atoms with Gasteiger partial charge in [-0.1, -0.05) is 20.3 Å². The lowest BCUT2D eigenvalue weighted by Gasteiger charge is -2.13. The Balaban J connectivity index is 1.62. The molecule has 0 spiro atoms. The first-order valence-electron chi connectivity index (χ1n) is 10.7. The molecular formula is C24H29N3OS2. The first kappa shape index (κ1) is 21.3. The van der Waals surface area contributed by atoms with Crippen molar-refractivity contribution in [2.45, 2.75) is 59.4 Å². The van der Waals surface area contributed by atoms with E-state index in [4.69, 9.17) is 4.98 Å². The third-order valence-electron chi connectivity index (χ3n) is 5.48. The Labute approximate surface area is 186 Å². The van der Waals surface area contributed by atoms with Crippen LogP contribution in [0.1, 0.15) is 54.0 Å². The van der Waals surface area contributed by atoms with E-state index >= 15 is 0 Å². The van der Waals surface area contributed by atoms with E-state index in [1.54, 1.807) is 22.7 Å². The number of carbonyl (C=O) groups is 1. The zero-order valence-corrected chi connectivity index (χ0v) is 19.6. The van der Waals surface area contributed by atoms with Crippen LogP contribution in [0.4, 0.5) is 0 Å². The van der Waals surface area contributed by atoms with Crippen LogP contribution in [-0.2, 0) is 24.2 Å². The van der Waals surface area contributed by atoms with Crippen molar-refractivity contribution in [1.82, 2.24) is 15.3 Å². The molecule has 4 heterocycles. The number of hydrogen-bond donors (Lipinski definition) is 1. The summed E-state index contributed by atoms with van der Waals surface area (Å²) in [6, 6.07) is 2.12. The van der Waals surface area contributed by atoms with Gasteiger partial charge in [-0.3, -0.25) is 9.78 Å². The summed E-state index contributed by atoms with van der Waals surface area (Å²) < 4.78 is 0. The van der Waals surface area contributed by atoms with Gasteiger partial charge >= 0.3 is 0 Å². The van der Waals surface area contributed by atoms with Crippen LogP contribution in [0.25, 0.3) is 21.8 Å². The van der Waals surface area contributed by atoms with Gasteiger partial charge in [0.2, 0.25) is 0 Å². The second-order valence-electron chi connectivity index (χ2n) is 8.52. The van der Waals surface area contributed by atoms with Crippen molar-refractivity contribution in [3.05, 3.63) is 44.7 Å². The number of nitrogens with one attached hydrogen (secondary N) is 1. The summed E-state index contributed by atoms with van der Waals surface area (Å²) in [7, 11) is 0. The summed E-state index contributed by atoms with van der Waals surface area (Å²) in [5.74, 6) is 1.00. The number of hydrogen-bond acceptors (Lipinski definition) is 6. The van der Waals surface area contributed by atoms with Crippen molar-refractivity contribution in [1.29, 1.82) is 0 Å². The van der Waals surface area contributed by atoms with Gasteiger partial charge in [-0.05, 0) is 49.4 Å². The van der Waals surface area contributed by atoms with E-state index in [9.17, 15) is 4.79 Å². The number of Topliss-reactive ketones (excluding diaryl/α,β-unsaturated/α-hetero) is 1. The summed E-state index contributed by atoms with van der Waals surface area (Å²) in [6.45, 7) is 8.36.